The summed E-state index contributed by atoms with van der Waals surface area (Å²) in [6.45, 7) is 4.96. The van der Waals surface area contributed by atoms with E-state index in [0.29, 0.717) is 37.4 Å². The zero-order valence-corrected chi connectivity index (χ0v) is 19.7. The van der Waals surface area contributed by atoms with Crippen LogP contribution in [0.3, 0.4) is 0 Å². The van der Waals surface area contributed by atoms with Crippen LogP contribution in [0.1, 0.15) is 47.3 Å². The van der Waals surface area contributed by atoms with E-state index in [1.165, 1.54) is 16.4 Å². The Morgan fingerprint density at radius 2 is 1.73 bits per heavy atom. The molecule has 1 saturated carbocycles. The van der Waals surface area contributed by atoms with Crippen LogP contribution in [-0.2, 0) is 19.6 Å². The molecule has 0 spiro atoms. The number of hydrogen-bond donors (Lipinski definition) is 2. The maximum absolute atomic E-state index is 13.0. The second-order valence-electron chi connectivity index (χ2n) is 8.57. The van der Waals surface area contributed by atoms with Gasteiger partial charge in [0, 0.05) is 30.3 Å². The van der Waals surface area contributed by atoms with Crippen LogP contribution in [0.5, 0.6) is 0 Å². The summed E-state index contributed by atoms with van der Waals surface area (Å²) in [6, 6.07) is 11.7. The number of hydrogen-bond acceptors (Lipinski definition) is 5. The van der Waals surface area contributed by atoms with Crippen molar-refractivity contribution in [1.29, 1.82) is 0 Å². The van der Waals surface area contributed by atoms with Gasteiger partial charge in [0.15, 0.2) is 0 Å². The molecule has 1 unspecified atom stereocenters. The lowest BCUT2D eigenvalue weighted by atomic mass is 10.1. The summed E-state index contributed by atoms with van der Waals surface area (Å²) in [6.07, 6.45) is 1.89. The van der Waals surface area contributed by atoms with Gasteiger partial charge in [0.05, 0.1) is 24.2 Å². The van der Waals surface area contributed by atoms with E-state index in [-0.39, 0.29) is 28.7 Å². The van der Waals surface area contributed by atoms with E-state index in [1.54, 1.807) is 13.0 Å². The van der Waals surface area contributed by atoms with Crippen molar-refractivity contribution in [3.8, 4) is 0 Å². The molecule has 4 rings (SSSR count). The Morgan fingerprint density at radius 1 is 1.06 bits per heavy atom. The molecule has 2 aromatic carbocycles. The highest BCUT2D eigenvalue weighted by atomic mass is 32.2. The summed E-state index contributed by atoms with van der Waals surface area (Å²) in [5.74, 6) is -0.161. The second kappa shape index (κ2) is 9.62. The fourth-order valence-electron chi connectivity index (χ4n) is 3.74. The Morgan fingerprint density at radius 3 is 2.36 bits per heavy atom. The van der Waals surface area contributed by atoms with Crippen LogP contribution >= 0.6 is 0 Å². The van der Waals surface area contributed by atoms with Crippen molar-refractivity contribution in [3.63, 3.8) is 0 Å². The first-order valence-corrected chi connectivity index (χ1v) is 12.6. The second-order valence-corrected chi connectivity index (χ2v) is 10.5. The minimum atomic E-state index is -3.69. The fourth-order valence-corrected chi connectivity index (χ4v) is 5.18. The monoisotopic (exact) mass is 471 g/mol. The molecule has 0 aromatic heterocycles. The van der Waals surface area contributed by atoms with Gasteiger partial charge in [-0.2, -0.15) is 4.31 Å². The van der Waals surface area contributed by atoms with Gasteiger partial charge < -0.3 is 15.4 Å². The zero-order valence-electron chi connectivity index (χ0n) is 18.8. The normalized spacial score (nSPS) is 17.9. The molecule has 9 heteroatoms. The van der Waals surface area contributed by atoms with Crippen molar-refractivity contribution in [2.75, 3.05) is 31.6 Å². The maximum atomic E-state index is 13.0. The largest absolute Gasteiger partial charge is 0.379 e. The predicted octanol–water partition coefficient (Wildman–Crippen LogP) is 2.86. The molecule has 2 fully saturated rings. The van der Waals surface area contributed by atoms with Crippen molar-refractivity contribution >= 4 is 27.5 Å². The maximum Gasteiger partial charge on any atom is 0.252 e. The molecule has 2 aromatic rings. The van der Waals surface area contributed by atoms with E-state index >= 15 is 0 Å². The standard InChI is InChI=1S/C24H29N3O5S/c1-16-3-10-21(33(30,31)27-11-13-32-14-12-27)15-22(16)24(29)25-17(2)18-6-8-20(9-7-18)26-23(28)19-4-5-19/h3,6-10,15,17,19H,4-5,11-14H2,1-2H3,(H,25,29)(H,26,28). The summed E-state index contributed by atoms with van der Waals surface area (Å²) in [5, 5.41) is 5.84. The molecule has 2 amide bonds. The molecular weight excluding hydrogens is 442 g/mol. The molecule has 33 heavy (non-hydrogen) atoms. The Kier molecular flexibility index (Phi) is 6.83. The third-order valence-electron chi connectivity index (χ3n) is 6.04. The van der Waals surface area contributed by atoms with Crippen molar-refractivity contribution < 1.29 is 22.7 Å². The van der Waals surface area contributed by atoms with Gasteiger partial charge in [0.1, 0.15) is 0 Å². The first-order valence-electron chi connectivity index (χ1n) is 11.2. The van der Waals surface area contributed by atoms with Gasteiger partial charge in [-0.15, -0.1) is 0 Å². The number of aryl methyl sites for hydroxylation is 1. The lowest BCUT2D eigenvalue weighted by molar-refractivity contribution is -0.117. The van der Waals surface area contributed by atoms with Crippen molar-refractivity contribution in [1.82, 2.24) is 9.62 Å². The third kappa shape index (κ3) is 5.43. The fraction of sp³-hybridized carbons (Fsp3) is 0.417. The first-order chi connectivity index (χ1) is 15.8. The highest BCUT2D eigenvalue weighted by Crippen LogP contribution is 2.30. The van der Waals surface area contributed by atoms with E-state index in [9.17, 15) is 18.0 Å². The molecule has 0 radical (unpaired) electrons. The number of morpholine rings is 1. The molecular formula is C24H29N3O5S. The van der Waals surface area contributed by atoms with E-state index in [2.05, 4.69) is 10.6 Å². The molecule has 8 nitrogen and oxygen atoms in total. The van der Waals surface area contributed by atoms with Crippen molar-refractivity contribution in [2.24, 2.45) is 5.92 Å². The van der Waals surface area contributed by atoms with Crippen LogP contribution < -0.4 is 10.6 Å². The molecule has 1 aliphatic carbocycles. The molecule has 0 bridgehead atoms. The van der Waals surface area contributed by atoms with E-state index in [0.717, 1.165) is 24.1 Å². The third-order valence-corrected chi connectivity index (χ3v) is 7.93. The number of sulfonamides is 1. The molecule has 1 aliphatic heterocycles. The minimum Gasteiger partial charge on any atom is -0.379 e. The lowest BCUT2D eigenvalue weighted by Gasteiger charge is -2.26. The molecule has 1 saturated heterocycles. The van der Waals surface area contributed by atoms with Crippen LogP contribution in [-0.4, -0.2) is 50.8 Å². The van der Waals surface area contributed by atoms with E-state index in [1.807, 2.05) is 31.2 Å². The quantitative estimate of drug-likeness (QED) is 0.646. The zero-order chi connectivity index (χ0) is 23.6. The van der Waals surface area contributed by atoms with Crippen molar-refractivity contribution in [2.45, 2.75) is 37.6 Å². The van der Waals surface area contributed by atoms with Gasteiger partial charge in [-0.3, -0.25) is 9.59 Å². The summed E-state index contributed by atoms with van der Waals surface area (Å²) in [5.41, 5.74) is 2.62. The van der Waals surface area contributed by atoms with Gasteiger partial charge in [0.2, 0.25) is 15.9 Å². The SMILES string of the molecule is Cc1ccc(S(=O)(=O)N2CCOCC2)cc1C(=O)NC(C)c1ccc(NC(=O)C2CC2)cc1. The van der Waals surface area contributed by atoms with Crippen LogP contribution in [0.25, 0.3) is 0 Å². The highest BCUT2D eigenvalue weighted by molar-refractivity contribution is 7.89. The average Bonchev–Trinajstić information content (AvgIpc) is 3.66. The van der Waals surface area contributed by atoms with Gasteiger partial charge in [0.25, 0.3) is 5.91 Å². The van der Waals surface area contributed by atoms with Gasteiger partial charge in [-0.05, 0) is 62.1 Å². The topological polar surface area (TPSA) is 105 Å². The van der Waals surface area contributed by atoms with Crippen LogP contribution in [0.15, 0.2) is 47.4 Å². The summed E-state index contributed by atoms with van der Waals surface area (Å²) >= 11 is 0. The molecule has 2 N–H and O–H groups in total. The number of ether oxygens (including phenoxy) is 1. The van der Waals surface area contributed by atoms with Crippen LogP contribution in [0.2, 0.25) is 0 Å². The van der Waals surface area contributed by atoms with E-state index < -0.39 is 10.0 Å². The Bertz CT molecular complexity index is 1140. The van der Waals surface area contributed by atoms with Gasteiger partial charge in [-0.1, -0.05) is 18.2 Å². The van der Waals surface area contributed by atoms with Crippen LogP contribution in [0, 0.1) is 12.8 Å². The summed E-state index contributed by atoms with van der Waals surface area (Å²) < 4.78 is 32.6. The van der Waals surface area contributed by atoms with Crippen LogP contribution in [0.4, 0.5) is 5.69 Å². The predicted molar refractivity (Wildman–Crippen MR) is 124 cm³/mol. The number of amides is 2. The van der Waals surface area contributed by atoms with Gasteiger partial charge >= 0.3 is 0 Å². The number of rotatable bonds is 7. The summed E-state index contributed by atoms with van der Waals surface area (Å²) in [7, 11) is -3.69. The summed E-state index contributed by atoms with van der Waals surface area (Å²) in [4.78, 5) is 25.0. The Hall–Kier alpha value is -2.75. The molecule has 1 heterocycles. The van der Waals surface area contributed by atoms with Crippen molar-refractivity contribution in [3.05, 3.63) is 59.2 Å². The molecule has 2 aliphatic rings. The number of nitrogens with zero attached hydrogens (tertiary/aromatic N) is 1. The molecule has 1 atom stereocenters. The number of carbonyl (C=O) groups is 2. The number of nitrogens with one attached hydrogen (secondary N) is 2. The first kappa shape index (κ1) is 23.4. The highest BCUT2D eigenvalue weighted by Gasteiger charge is 2.30. The Labute approximate surface area is 194 Å². The smallest absolute Gasteiger partial charge is 0.252 e. The lowest BCUT2D eigenvalue weighted by Crippen LogP contribution is -2.40. The number of carbonyl (C=O) groups excluding carboxylic acids is 2. The van der Waals surface area contributed by atoms with Gasteiger partial charge in [-0.25, -0.2) is 8.42 Å². The minimum absolute atomic E-state index is 0.0477. The number of anilines is 1. The average molecular weight is 472 g/mol. The molecule has 176 valence electrons. The Balaban J connectivity index is 1.45. The number of benzene rings is 2. The van der Waals surface area contributed by atoms with E-state index in [4.69, 9.17) is 4.74 Å².